The third kappa shape index (κ3) is 2.26. The summed E-state index contributed by atoms with van der Waals surface area (Å²) < 4.78 is 0. The van der Waals surface area contributed by atoms with E-state index in [-0.39, 0.29) is 5.92 Å². The van der Waals surface area contributed by atoms with Crippen LogP contribution < -0.4 is 0 Å². The molecule has 0 saturated carbocycles. The molecule has 1 aromatic carbocycles. The standard InChI is InChI=1S/C10H11ClOS/c1-7(6-12)10-8(5-11)3-2-4-9(10)13/h2-4,6-7,13H,5H2,1H3. The molecule has 0 spiro atoms. The zero-order valence-corrected chi connectivity index (χ0v) is 8.98. The van der Waals surface area contributed by atoms with Crippen LogP contribution in [0.15, 0.2) is 23.1 Å². The molecule has 13 heavy (non-hydrogen) atoms. The van der Waals surface area contributed by atoms with E-state index in [1.807, 2.05) is 25.1 Å². The minimum Gasteiger partial charge on any atom is -0.303 e. The first-order valence-corrected chi connectivity index (χ1v) is 5.01. The summed E-state index contributed by atoms with van der Waals surface area (Å²) in [6.07, 6.45) is 0.908. The molecule has 0 fully saturated rings. The second kappa shape index (κ2) is 4.68. The van der Waals surface area contributed by atoms with Crippen molar-refractivity contribution in [1.29, 1.82) is 0 Å². The number of carbonyl (C=O) groups excluding carboxylic acids is 1. The van der Waals surface area contributed by atoms with Crippen molar-refractivity contribution in [3.05, 3.63) is 29.3 Å². The van der Waals surface area contributed by atoms with Gasteiger partial charge >= 0.3 is 0 Å². The Kier molecular flexibility index (Phi) is 3.82. The third-order valence-corrected chi connectivity index (χ3v) is 2.65. The number of benzene rings is 1. The van der Waals surface area contributed by atoms with Gasteiger partial charge in [0.2, 0.25) is 0 Å². The van der Waals surface area contributed by atoms with Crippen LogP contribution in [0.3, 0.4) is 0 Å². The molecule has 70 valence electrons. The van der Waals surface area contributed by atoms with Gasteiger partial charge in [0.15, 0.2) is 0 Å². The molecule has 1 unspecified atom stereocenters. The average molecular weight is 215 g/mol. The van der Waals surface area contributed by atoms with E-state index in [9.17, 15) is 4.79 Å². The summed E-state index contributed by atoms with van der Waals surface area (Å²) in [6.45, 7) is 1.85. The number of carbonyl (C=O) groups is 1. The number of thiol groups is 1. The fraction of sp³-hybridized carbons (Fsp3) is 0.300. The van der Waals surface area contributed by atoms with Crippen LogP contribution in [0.1, 0.15) is 24.0 Å². The van der Waals surface area contributed by atoms with Crippen molar-refractivity contribution in [3.63, 3.8) is 0 Å². The molecule has 1 rings (SSSR count). The van der Waals surface area contributed by atoms with Crippen molar-refractivity contribution in [2.24, 2.45) is 0 Å². The molecule has 0 aliphatic rings. The summed E-state index contributed by atoms with van der Waals surface area (Å²) in [7, 11) is 0. The van der Waals surface area contributed by atoms with Crippen LogP contribution in [0.4, 0.5) is 0 Å². The molecule has 0 heterocycles. The van der Waals surface area contributed by atoms with Gasteiger partial charge in [-0.25, -0.2) is 0 Å². The largest absolute Gasteiger partial charge is 0.303 e. The van der Waals surface area contributed by atoms with E-state index in [1.54, 1.807) is 0 Å². The fourth-order valence-electron chi connectivity index (χ4n) is 1.31. The van der Waals surface area contributed by atoms with E-state index in [0.717, 1.165) is 22.3 Å². The first-order valence-electron chi connectivity index (χ1n) is 4.02. The minimum atomic E-state index is -0.137. The Morgan fingerprint density at radius 1 is 1.62 bits per heavy atom. The van der Waals surface area contributed by atoms with Gasteiger partial charge in [0.1, 0.15) is 6.29 Å². The number of halogens is 1. The molecule has 0 aromatic heterocycles. The third-order valence-electron chi connectivity index (χ3n) is 1.98. The van der Waals surface area contributed by atoms with E-state index < -0.39 is 0 Å². The predicted octanol–water partition coefficient (Wildman–Crippen LogP) is 3.02. The molecular formula is C10H11ClOS. The highest BCUT2D eigenvalue weighted by atomic mass is 35.5. The molecule has 1 atom stereocenters. The van der Waals surface area contributed by atoms with Crippen molar-refractivity contribution < 1.29 is 4.79 Å². The number of alkyl halides is 1. The van der Waals surface area contributed by atoms with Crippen molar-refractivity contribution in [3.8, 4) is 0 Å². The Morgan fingerprint density at radius 3 is 2.85 bits per heavy atom. The number of hydrogen-bond donors (Lipinski definition) is 1. The van der Waals surface area contributed by atoms with Crippen LogP contribution in [0.2, 0.25) is 0 Å². The van der Waals surface area contributed by atoms with Crippen LogP contribution >= 0.6 is 24.2 Å². The lowest BCUT2D eigenvalue weighted by atomic mass is 9.98. The number of aldehydes is 1. The molecule has 1 aromatic rings. The Balaban J connectivity index is 3.22. The molecule has 0 bridgehead atoms. The van der Waals surface area contributed by atoms with Gasteiger partial charge in [0.05, 0.1) is 0 Å². The molecule has 0 N–H and O–H groups in total. The highest BCUT2D eigenvalue weighted by molar-refractivity contribution is 7.80. The van der Waals surface area contributed by atoms with E-state index in [4.69, 9.17) is 11.6 Å². The molecule has 0 amide bonds. The monoisotopic (exact) mass is 214 g/mol. The van der Waals surface area contributed by atoms with Gasteiger partial charge in [0, 0.05) is 16.7 Å². The first-order chi connectivity index (χ1) is 6.20. The van der Waals surface area contributed by atoms with Crippen molar-refractivity contribution >= 4 is 30.5 Å². The predicted molar refractivity (Wildman–Crippen MR) is 57.7 cm³/mol. The Labute approximate surface area is 88.5 Å². The van der Waals surface area contributed by atoms with Crippen molar-refractivity contribution in [1.82, 2.24) is 0 Å². The number of hydrogen-bond acceptors (Lipinski definition) is 2. The molecule has 0 aliphatic heterocycles. The van der Waals surface area contributed by atoms with Gasteiger partial charge in [-0.3, -0.25) is 0 Å². The summed E-state index contributed by atoms with van der Waals surface area (Å²) in [4.78, 5) is 11.5. The van der Waals surface area contributed by atoms with Gasteiger partial charge < -0.3 is 4.79 Å². The maximum atomic E-state index is 10.6. The minimum absolute atomic E-state index is 0.137. The van der Waals surface area contributed by atoms with Crippen LogP contribution in [-0.4, -0.2) is 6.29 Å². The zero-order valence-electron chi connectivity index (χ0n) is 7.33. The normalized spacial score (nSPS) is 12.5. The topological polar surface area (TPSA) is 17.1 Å². The summed E-state index contributed by atoms with van der Waals surface area (Å²) in [5.74, 6) is 0.282. The second-order valence-corrected chi connectivity index (χ2v) is 3.66. The Hall–Kier alpha value is -0.470. The van der Waals surface area contributed by atoms with E-state index >= 15 is 0 Å². The van der Waals surface area contributed by atoms with E-state index in [2.05, 4.69) is 12.6 Å². The second-order valence-electron chi connectivity index (χ2n) is 2.91. The maximum absolute atomic E-state index is 10.6. The fourth-order valence-corrected chi connectivity index (χ4v) is 1.98. The average Bonchev–Trinajstić information content (AvgIpc) is 2.16. The number of rotatable bonds is 3. The lowest BCUT2D eigenvalue weighted by Gasteiger charge is -2.12. The van der Waals surface area contributed by atoms with Crippen LogP contribution in [0.5, 0.6) is 0 Å². The summed E-state index contributed by atoms with van der Waals surface area (Å²) in [5, 5.41) is 0. The Bertz CT molecular complexity index is 312. The molecule has 1 nitrogen and oxygen atoms in total. The lowest BCUT2D eigenvalue weighted by molar-refractivity contribution is -0.108. The van der Waals surface area contributed by atoms with Crippen molar-refractivity contribution in [2.45, 2.75) is 23.6 Å². The van der Waals surface area contributed by atoms with Gasteiger partial charge in [-0.15, -0.1) is 24.2 Å². The first kappa shape index (κ1) is 10.6. The van der Waals surface area contributed by atoms with E-state index in [0.29, 0.717) is 5.88 Å². The quantitative estimate of drug-likeness (QED) is 0.465. The summed E-state index contributed by atoms with van der Waals surface area (Å²) >= 11 is 10.1. The van der Waals surface area contributed by atoms with E-state index in [1.165, 1.54) is 0 Å². The van der Waals surface area contributed by atoms with Gasteiger partial charge in [0.25, 0.3) is 0 Å². The van der Waals surface area contributed by atoms with Crippen LogP contribution in [0.25, 0.3) is 0 Å². The highest BCUT2D eigenvalue weighted by Gasteiger charge is 2.11. The summed E-state index contributed by atoms with van der Waals surface area (Å²) in [5.41, 5.74) is 1.92. The zero-order chi connectivity index (χ0) is 9.84. The van der Waals surface area contributed by atoms with Crippen LogP contribution in [-0.2, 0) is 10.7 Å². The smallest absolute Gasteiger partial charge is 0.127 e. The highest BCUT2D eigenvalue weighted by Crippen LogP contribution is 2.26. The SMILES string of the molecule is CC(C=O)c1c(S)cccc1CCl. The lowest BCUT2D eigenvalue weighted by Crippen LogP contribution is -2.00. The Morgan fingerprint density at radius 2 is 2.31 bits per heavy atom. The summed E-state index contributed by atoms with van der Waals surface area (Å²) in [6, 6.07) is 5.68. The molecule has 3 heteroatoms. The van der Waals surface area contributed by atoms with Crippen molar-refractivity contribution in [2.75, 3.05) is 0 Å². The van der Waals surface area contributed by atoms with Gasteiger partial charge in [-0.1, -0.05) is 19.1 Å². The molecule has 0 aliphatic carbocycles. The van der Waals surface area contributed by atoms with Gasteiger partial charge in [-0.2, -0.15) is 0 Å². The van der Waals surface area contributed by atoms with Gasteiger partial charge in [-0.05, 0) is 17.2 Å². The van der Waals surface area contributed by atoms with Crippen LogP contribution in [0, 0.1) is 0 Å². The molecule has 0 radical (unpaired) electrons. The molecular weight excluding hydrogens is 204 g/mol. The maximum Gasteiger partial charge on any atom is 0.127 e. The molecule has 0 saturated heterocycles.